The largest absolute Gasteiger partial charge is 0.228 e. The molecule has 0 unspecified atom stereocenters. The third kappa shape index (κ3) is 5.20. The molecule has 0 aliphatic rings. The average molecular weight is 229 g/mol. The van der Waals surface area contributed by atoms with Crippen LogP contribution in [0.3, 0.4) is 0 Å². The van der Waals surface area contributed by atoms with Crippen LogP contribution in [-0.2, 0) is 10.0 Å². The molecule has 0 aliphatic carbocycles. The Kier molecular flexibility index (Phi) is 5.29. The van der Waals surface area contributed by atoms with Crippen LogP contribution in [-0.4, -0.2) is 26.0 Å². The van der Waals surface area contributed by atoms with Crippen molar-refractivity contribution >= 4 is 26.0 Å². The predicted molar refractivity (Wildman–Crippen MR) is 44.9 cm³/mol. The highest BCUT2D eigenvalue weighted by Crippen LogP contribution is 1.90. The first-order valence-electron chi connectivity index (χ1n) is 3.10. The van der Waals surface area contributed by atoms with Crippen LogP contribution in [0.5, 0.6) is 0 Å². The summed E-state index contributed by atoms with van der Waals surface area (Å²) < 4.78 is 25.1. The van der Waals surface area contributed by atoms with Crippen LogP contribution in [0.4, 0.5) is 0 Å². The molecule has 10 heavy (non-hydrogen) atoms. The van der Waals surface area contributed by atoms with E-state index in [1.807, 2.05) is 6.92 Å². The van der Waals surface area contributed by atoms with Gasteiger partial charge in [-0.2, -0.15) is 0 Å². The molecular formula is C5H11BrNO2S. The fourth-order valence-electron chi connectivity index (χ4n) is 0.392. The van der Waals surface area contributed by atoms with Crippen LogP contribution in [0, 0.1) is 0 Å². The predicted octanol–water partition coefficient (Wildman–Crippen LogP) is 0.725. The number of hydrogen-bond donors (Lipinski definition) is 0. The van der Waals surface area contributed by atoms with E-state index in [9.17, 15) is 8.42 Å². The zero-order valence-electron chi connectivity index (χ0n) is 5.88. The van der Waals surface area contributed by atoms with Gasteiger partial charge in [0.25, 0.3) is 0 Å². The zero-order chi connectivity index (χ0) is 8.04. The number of alkyl halides is 1. The minimum absolute atomic E-state index is 0.104. The maximum atomic E-state index is 10.8. The van der Waals surface area contributed by atoms with Crippen LogP contribution in [0.25, 0.3) is 0 Å². The molecule has 5 heteroatoms. The summed E-state index contributed by atoms with van der Waals surface area (Å²) in [4.78, 5) is 0. The average Bonchev–Trinajstić information content (AvgIpc) is 1.84. The molecule has 0 aromatic rings. The number of halogens is 1. The lowest BCUT2D eigenvalue weighted by atomic mass is 10.5. The topological polar surface area (TPSA) is 48.2 Å². The minimum atomic E-state index is -3.12. The van der Waals surface area contributed by atoms with Gasteiger partial charge in [0.15, 0.2) is 0 Å². The monoisotopic (exact) mass is 228 g/mol. The fourth-order valence-corrected chi connectivity index (χ4v) is 2.40. The van der Waals surface area contributed by atoms with Crippen molar-refractivity contribution in [2.45, 2.75) is 13.3 Å². The number of rotatable bonds is 5. The molecule has 1 radical (unpaired) electrons. The summed E-state index contributed by atoms with van der Waals surface area (Å²) in [6, 6.07) is 0. The van der Waals surface area contributed by atoms with Crippen molar-refractivity contribution in [2.24, 2.45) is 0 Å². The summed E-state index contributed by atoms with van der Waals surface area (Å²) in [5.74, 6) is 0.104. The van der Waals surface area contributed by atoms with Crippen molar-refractivity contribution in [3.63, 3.8) is 0 Å². The van der Waals surface area contributed by atoms with Crippen LogP contribution >= 0.6 is 15.9 Å². The van der Waals surface area contributed by atoms with E-state index in [0.717, 1.165) is 6.42 Å². The first-order chi connectivity index (χ1) is 4.62. The molecule has 0 N–H and O–H groups in total. The maximum absolute atomic E-state index is 10.8. The molecule has 0 heterocycles. The maximum Gasteiger partial charge on any atom is 0.228 e. The second-order valence-corrected chi connectivity index (χ2v) is 4.45. The Balaban J connectivity index is 3.65. The van der Waals surface area contributed by atoms with Crippen molar-refractivity contribution in [1.29, 1.82) is 0 Å². The molecule has 0 aliphatic heterocycles. The van der Waals surface area contributed by atoms with E-state index >= 15 is 0 Å². The molecule has 0 fully saturated rings. The summed E-state index contributed by atoms with van der Waals surface area (Å²) in [5, 5.41) is 0.461. The van der Waals surface area contributed by atoms with Crippen molar-refractivity contribution in [3.8, 4) is 0 Å². The van der Waals surface area contributed by atoms with E-state index in [1.165, 1.54) is 0 Å². The molecule has 3 nitrogen and oxygen atoms in total. The highest BCUT2D eigenvalue weighted by molar-refractivity contribution is 9.09. The van der Waals surface area contributed by atoms with Gasteiger partial charge in [-0.25, -0.2) is 8.42 Å². The molecule has 0 amide bonds. The van der Waals surface area contributed by atoms with Crippen LogP contribution in [0.15, 0.2) is 0 Å². The second kappa shape index (κ2) is 5.09. The molecule has 61 valence electrons. The molecule has 0 aromatic carbocycles. The molecule has 0 rings (SSSR count). The normalized spacial score (nSPS) is 11.8. The zero-order valence-corrected chi connectivity index (χ0v) is 8.28. The fraction of sp³-hybridized carbons (Fsp3) is 1.00. The summed E-state index contributed by atoms with van der Waals surface area (Å²) >= 11 is 3.04. The van der Waals surface area contributed by atoms with Crippen molar-refractivity contribution in [3.05, 3.63) is 0 Å². The quantitative estimate of drug-likeness (QED) is 0.652. The molecule has 0 saturated carbocycles. The Morgan fingerprint density at radius 3 is 2.50 bits per heavy atom. The molecule has 0 atom stereocenters. The van der Waals surface area contributed by atoms with E-state index in [2.05, 4.69) is 20.7 Å². The van der Waals surface area contributed by atoms with Gasteiger partial charge in [-0.1, -0.05) is 22.9 Å². The Labute approximate surface area is 70.4 Å². The third-order valence-corrected chi connectivity index (χ3v) is 3.06. The van der Waals surface area contributed by atoms with Crippen LogP contribution in [0.2, 0.25) is 0 Å². The van der Waals surface area contributed by atoms with Crippen molar-refractivity contribution in [2.75, 3.05) is 17.6 Å². The summed E-state index contributed by atoms with van der Waals surface area (Å²) in [7, 11) is -3.12. The lowest BCUT2D eigenvalue weighted by Crippen LogP contribution is -2.20. The van der Waals surface area contributed by atoms with Gasteiger partial charge in [0.1, 0.15) is 0 Å². The Bertz CT molecular complexity index is 166. The first-order valence-corrected chi connectivity index (χ1v) is 5.83. The molecule has 0 saturated heterocycles. The SMILES string of the molecule is CCC[N]S(=O)(=O)CCBr. The lowest BCUT2D eigenvalue weighted by Gasteiger charge is -1.98. The van der Waals surface area contributed by atoms with E-state index in [0.29, 0.717) is 11.9 Å². The van der Waals surface area contributed by atoms with Gasteiger partial charge >= 0.3 is 0 Å². The van der Waals surface area contributed by atoms with Gasteiger partial charge in [0.2, 0.25) is 10.0 Å². The van der Waals surface area contributed by atoms with Gasteiger partial charge in [0.05, 0.1) is 5.75 Å². The van der Waals surface area contributed by atoms with Gasteiger partial charge in [-0.15, -0.1) is 4.72 Å². The molecular weight excluding hydrogens is 218 g/mol. The van der Waals surface area contributed by atoms with E-state index in [-0.39, 0.29) is 5.75 Å². The Hall–Kier alpha value is 0.390. The standard InChI is InChI=1S/C5H11BrNO2S/c1-2-4-7-10(8,9)5-3-6/h2-5H2,1H3. The van der Waals surface area contributed by atoms with Gasteiger partial charge in [0, 0.05) is 11.9 Å². The summed E-state index contributed by atoms with van der Waals surface area (Å²) in [6.45, 7) is 2.31. The second-order valence-electron chi connectivity index (χ2n) is 1.83. The Morgan fingerprint density at radius 1 is 1.50 bits per heavy atom. The van der Waals surface area contributed by atoms with Gasteiger partial charge in [-0.3, -0.25) is 0 Å². The third-order valence-electron chi connectivity index (χ3n) is 0.847. The number of sulfonamides is 1. The smallest absolute Gasteiger partial charge is 0.211 e. The highest BCUT2D eigenvalue weighted by Gasteiger charge is 2.07. The minimum Gasteiger partial charge on any atom is -0.211 e. The molecule has 0 bridgehead atoms. The molecule has 0 spiro atoms. The Morgan fingerprint density at radius 2 is 2.10 bits per heavy atom. The summed E-state index contributed by atoms with van der Waals surface area (Å²) in [6.07, 6.45) is 0.779. The van der Waals surface area contributed by atoms with Crippen molar-refractivity contribution in [1.82, 2.24) is 4.72 Å². The number of hydrogen-bond acceptors (Lipinski definition) is 2. The summed E-state index contributed by atoms with van der Waals surface area (Å²) in [5.41, 5.74) is 0. The van der Waals surface area contributed by atoms with E-state index < -0.39 is 10.0 Å². The number of nitrogens with zero attached hydrogens (tertiary/aromatic N) is 1. The van der Waals surface area contributed by atoms with E-state index in [1.54, 1.807) is 0 Å². The van der Waals surface area contributed by atoms with Crippen LogP contribution in [0.1, 0.15) is 13.3 Å². The lowest BCUT2D eigenvalue weighted by molar-refractivity contribution is 0.581. The van der Waals surface area contributed by atoms with Crippen molar-refractivity contribution < 1.29 is 8.42 Å². The molecule has 0 aromatic heterocycles. The van der Waals surface area contributed by atoms with Gasteiger partial charge < -0.3 is 0 Å². The first kappa shape index (κ1) is 10.4. The van der Waals surface area contributed by atoms with Crippen LogP contribution < -0.4 is 4.72 Å². The van der Waals surface area contributed by atoms with Gasteiger partial charge in [-0.05, 0) is 6.42 Å². The highest BCUT2D eigenvalue weighted by atomic mass is 79.9. The van der Waals surface area contributed by atoms with E-state index in [4.69, 9.17) is 0 Å².